The van der Waals surface area contributed by atoms with Crippen molar-refractivity contribution in [3.63, 3.8) is 0 Å². The van der Waals surface area contributed by atoms with Crippen molar-refractivity contribution in [3.8, 4) is 5.75 Å². The van der Waals surface area contributed by atoms with Crippen molar-refractivity contribution in [2.75, 3.05) is 13.7 Å². The minimum Gasteiger partial charge on any atom is -0.497 e. The highest BCUT2D eigenvalue weighted by Crippen LogP contribution is 2.36. The number of carbonyl (C=O) groups is 1. The van der Waals surface area contributed by atoms with Crippen LogP contribution < -0.4 is 19.6 Å². The molecular weight excluding hydrogens is 671 g/mol. The van der Waals surface area contributed by atoms with E-state index in [2.05, 4.69) is 38.5 Å². The predicted molar refractivity (Wildman–Crippen MR) is 153 cm³/mol. The van der Waals surface area contributed by atoms with Gasteiger partial charge in [-0.1, -0.05) is 53.8 Å². The minimum absolute atomic E-state index is 0.186. The maximum absolute atomic E-state index is 13.8. The molecule has 0 bridgehead atoms. The first-order chi connectivity index (χ1) is 17.9. The first-order valence-electron chi connectivity index (χ1n) is 11.3. The number of nitrogens with zero attached hydrogens (tertiary/aromatic N) is 2. The van der Waals surface area contributed by atoms with E-state index < -0.39 is 12.0 Å². The van der Waals surface area contributed by atoms with E-state index in [1.807, 2.05) is 54.6 Å². The zero-order valence-corrected chi connectivity index (χ0v) is 24.3. The summed E-state index contributed by atoms with van der Waals surface area (Å²) in [6, 6.07) is 17.8. The number of hydrogen-bond donors (Lipinski definition) is 0. The van der Waals surface area contributed by atoms with E-state index in [4.69, 9.17) is 18.9 Å². The number of fused-ring (bicyclic) bond motifs is 1. The molecule has 0 spiro atoms. The molecule has 37 heavy (non-hydrogen) atoms. The van der Waals surface area contributed by atoms with Gasteiger partial charge in [-0.2, -0.15) is 0 Å². The highest BCUT2D eigenvalue weighted by atomic mass is 127. The second-order valence-corrected chi connectivity index (χ2v) is 10.8. The molecule has 2 aromatic carbocycles. The third-order valence-electron chi connectivity index (χ3n) is 5.72. The maximum atomic E-state index is 13.8. The molecule has 2 aromatic heterocycles. The van der Waals surface area contributed by atoms with E-state index in [9.17, 15) is 9.59 Å². The summed E-state index contributed by atoms with van der Waals surface area (Å²) in [6.45, 7) is 1.94. The average molecular weight is 691 g/mol. The molecule has 1 atom stereocenters. The van der Waals surface area contributed by atoms with Crippen LogP contribution >= 0.6 is 49.9 Å². The van der Waals surface area contributed by atoms with E-state index in [1.54, 1.807) is 30.7 Å². The Morgan fingerprint density at radius 3 is 2.68 bits per heavy atom. The van der Waals surface area contributed by atoms with Crippen LogP contribution in [0.3, 0.4) is 0 Å². The Balaban J connectivity index is 1.84. The van der Waals surface area contributed by atoms with E-state index in [1.165, 1.54) is 11.3 Å². The van der Waals surface area contributed by atoms with Gasteiger partial charge in [0.05, 0.1) is 40.0 Å². The van der Waals surface area contributed by atoms with Gasteiger partial charge in [0.25, 0.3) is 5.56 Å². The van der Waals surface area contributed by atoms with Crippen LogP contribution in [-0.4, -0.2) is 24.3 Å². The summed E-state index contributed by atoms with van der Waals surface area (Å²) < 4.78 is 20.1. The fourth-order valence-corrected chi connectivity index (χ4v) is 5.83. The first kappa shape index (κ1) is 25.7. The summed E-state index contributed by atoms with van der Waals surface area (Å²) in [5.41, 5.74) is 1.92. The lowest BCUT2D eigenvalue weighted by atomic mass is 9.93. The molecule has 0 unspecified atom stereocenters. The van der Waals surface area contributed by atoms with Crippen LogP contribution in [0.15, 0.2) is 84.9 Å². The van der Waals surface area contributed by atoms with Crippen molar-refractivity contribution in [2.24, 2.45) is 4.99 Å². The summed E-state index contributed by atoms with van der Waals surface area (Å²) in [5.74, 6) is 0.611. The molecule has 1 aliphatic heterocycles. The van der Waals surface area contributed by atoms with Crippen molar-refractivity contribution < 1.29 is 18.7 Å². The highest BCUT2D eigenvalue weighted by molar-refractivity contribution is 14.1. The Morgan fingerprint density at radius 1 is 1.22 bits per heavy atom. The second kappa shape index (κ2) is 10.8. The second-order valence-electron chi connectivity index (χ2n) is 7.98. The van der Waals surface area contributed by atoms with E-state index in [-0.39, 0.29) is 17.7 Å². The Morgan fingerprint density at radius 2 is 2.00 bits per heavy atom. The Hall–Kier alpha value is -2.96. The van der Waals surface area contributed by atoms with Crippen LogP contribution in [0.4, 0.5) is 0 Å². The molecule has 5 rings (SSSR count). The highest BCUT2D eigenvalue weighted by Gasteiger charge is 2.35. The van der Waals surface area contributed by atoms with Crippen LogP contribution in [0.1, 0.15) is 29.9 Å². The van der Waals surface area contributed by atoms with Crippen molar-refractivity contribution in [3.05, 3.63) is 111 Å². The quantitative estimate of drug-likeness (QED) is 0.212. The third-order valence-corrected chi connectivity index (χ3v) is 8.84. The fraction of sp³-hybridized carbons (Fsp3) is 0.148. The van der Waals surface area contributed by atoms with Crippen LogP contribution in [0, 0.1) is 3.77 Å². The van der Waals surface area contributed by atoms with Gasteiger partial charge < -0.3 is 13.9 Å². The maximum Gasteiger partial charge on any atom is 0.338 e. The third kappa shape index (κ3) is 4.97. The summed E-state index contributed by atoms with van der Waals surface area (Å²) in [4.78, 5) is 32.6. The fourth-order valence-electron chi connectivity index (χ4n) is 4.13. The lowest BCUT2D eigenvalue weighted by molar-refractivity contribution is -0.138. The Kier molecular flexibility index (Phi) is 7.50. The molecule has 4 aromatic rings. The van der Waals surface area contributed by atoms with Crippen LogP contribution in [0.2, 0.25) is 0 Å². The van der Waals surface area contributed by atoms with Gasteiger partial charge in [-0.3, -0.25) is 9.36 Å². The molecule has 0 radical (unpaired) electrons. The number of carbonyl (C=O) groups excluding carboxylic acids is 1. The van der Waals surface area contributed by atoms with E-state index >= 15 is 0 Å². The lowest BCUT2D eigenvalue weighted by Gasteiger charge is -2.26. The Labute approximate surface area is 238 Å². The number of rotatable bonds is 6. The zero-order chi connectivity index (χ0) is 26.1. The lowest BCUT2D eigenvalue weighted by Crippen LogP contribution is -2.40. The smallest absolute Gasteiger partial charge is 0.338 e. The van der Waals surface area contributed by atoms with Gasteiger partial charge in [0.1, 0.15) is 11.5 Å². The van der Waals surface area contributed by atoms with Crippen LogP contribution in [-0.2, 0) is 9.53 Å². The van der Waals surface area contributed by atoms with Gasteiger partial charge in [-0.15, -0.1) is 0 Å². The molecule has 1 aliphatic rings. The molecule has 0 aliphatic carbocycles. The number of halogens is 2. The number of ether oxygens (including phenoxy) is 2. The number of esters is 1. The Bertz CT molecular complexity index is 1680. The summed E-state index contributed by atoms with van der Waals surface area (Å²) in [6.07, 6.45) is 1.69. The zero-order valence-electron chi connectivity index (χ0n) is 19.7. The summed E-state index contributed by atoms with van der Waals surface area (Å²) in [5, 5.41) is 0. The number of methoxy groups -OCH3 is 1. The number of aromatic nitrogens is 1. The molecule has 7 nitrogen and oxygen atoms in total. The molecule has 0 saturated carbocycles. The number of benzene rings is 2. The van der Waals surface area contributed by atoms with E-state index in [0.717, 1.165) is 10.0 Å². The van der Waals surface area contributed by atoms with Crippen LogP contribution in [0.5, 0.6) is 5.75 Å². The standard InChI is InChI=1S/C27H20BrIN2O5S/c1-3-35-26(33)21-22(15-8-5-4-6-9-15)30-27-31(23(21)16-10-7-11-17(12-16)34-2)25(32)20(37-27)14-18-13-19(28)24(29)36-18/h4-14,23H,3H2,1-2H3/b20-14+/t23-/m0/s1. The monoisotopic (exact) mass is 690 g/mol. The van der Waals surface area contributed by atoms with Gasteiger partial charge in [0, 0.05) is 34.2 Å². The van der Waals surface area contributed by atoms with Gasteiger partial charge in [-0.05, 0) is 46.6 Å². The number of hydrogen-bond acceptors (Lipinski definition) is 7. The molecule has 188 valence electrons. The topological polar surface area (TPSA) is 83.0 Å². The average Bonchev–Trinajstić information content (AvgIpc) is 3.40. The van der Waals surface area contributed by atoms with Gasteiger partial charge in [-0.25, -0.2) is 9.79 Å². The molecular formula is C27H20BrIN2O5S. The molecule has 3 heterocycles. The van der Waals surface area contributed by atoms with Crippen molar-refractivity contribution in [1.82, 2.24) is 4.57 Å². The summed E-state index contributed by atoms with van der Waals surface area (Å²) >= 11 is 6.76. The van der Waals surface area contributed by atoms with Crippen LogP contribution in [0.25, 0.3) is 11.8 Å². The number of thiazole rings is 1. The molecule has 0 fully saturated rings. The summed E-state index contributed by atoms with van der Waals surface area (Å²) in [7, 11) is 1.57. The molecule has 0 saturated heterocycles. The van der Waals surface area contributed by atoms with Gasteiger partial charge in [0.2, 0.25) is 0 Å². The van der Waals surface area contributed by atoms with Gasteiger partial charge in [0.15, 0.2) is 8.57 Å². The first-order valence-corrected chi connectivity index (χ1v) is 14.0. The minimum atomic E-state index is -0.772. The molecule has 10 heteroatoms. The SMILES string of the molecule is CCOC(=O)C1=C(c2ccccc2)N=c2s/c(=C/c3cc(Br)c(I)o3)c(=O)n2[C@H]1c1cccc(OC)c1. The molecule has 0 amide bonds. The number of furan rings is 1. The van der Waals surface area contributed by atoms with Gasteiger partial charge >= 0.3 is 5.97 Å². The predicted octanol–water partition coefficient (Wildman–Crippen LogP) is 4.90. The molecule has 0 N–H and O–H groups in total. The van der Waals surface area contributed by atoms with Crippen molar-refractivity contribution >= 4 is 67.6 Å². The van der Waals surface area contributed by atoms with E-state index in [0.29, 0.717) is 35.9 Å². The normalized spacial score (nSPS) is 15.4. The largest absolute Gasteiger partial charge is 0.497 e. The van der Waals surface area contributed by atoms with Crippen molar-refractivity contribution in [1.29, 1.82) is 0 Å². The van der Waals surface area contributed by atoms with Crippen molar-refractivity contribution in [2.45, 2.75) is 13.0 Å².